The van der Waals surface area contributed by atoms with Gasteiger partial charge < -0.3 is 5.73 Å². The molecule has 0 atom stereocenters. The Bertz CT molecular complexity index is 595. The summed E-state index contributed by atoms with van der Waals surface area (Å²) in [6.45, 7) is 3.82. The van der Waals surface area contributed by atoms with Gasteiger partial charge in [0.05, 0.1) is 5.56 Å². The van der Waals surface area contributed by atoms with Crippen LogP contribution < -0.4 is 5.73 Å². The molecule has 2 rings (SSSR count). The zero-order valence-electron chi connectivity index (χ0n) is 9.86. The number of nitrogens with two attached hydrogens (primary N) is 1. The molecule has 84 valence electrons. The van der Waals surface area contributed by atoms with Crippen molar-refractivity contribution in [1.82, 2.24) is 4.98 Å². The summed E-state index contributed by atoms with van der Waals surface area (Å²) in [7, 11) is 0. The van der Waals surface area contributed by atoms with Crippen LogP contribution in [-0.4, -0.2) is 4.98 Å². The van der Waals surface area contributed by atoms with Crippen molar-refractivity contribution in [2.75, 3.05) is 5.73 Å². The van der Waals surface area contributed by atoms with Gasteiger partial charge in [-0.1, -0.05) is 30.3 Å². The average Bonchev–Trinajstić information content (AvgIpc) is 2.30. The van der Waals surface area contributed by atoms with E-state index in [1.54, 1.807) is 0 Å². The molecule has 0 fully saturated rings. The van der Waals surface area contributed by atoms with Gasteiger partial charge in [0, 0.05) is 11.3 Å². The molecular weight excluding hydrogens is 210 g/mol. The molecule has 1 aromatic carbocycles. The number of pyridine rings is 1. The predicted octanol–water partition coefficient (Wildman–Crippen LogP) is 2.82. The molecule has 0 aliphatic heterocycles. The van der Waals surface area contributed by atoms with Gasteiger partial charge in [0.2, 0.25) is 0 Å². The van der Waals surface area contributed by atoms with Crippen molar-refractivity contribution in [3.63, 3.8) is 0 Å². The quantitative estimate of drug-likeness (QED) is 0.808. The first kappa shape index (κ1) is 11.2. The fourth-order valence-electron chi connectivity index (χ4n) is 2.05. The minimum Gasteiger partial charge on any atom is -0.383 e. The van der Waals surface area contributed by atoms with Gasteiger partial charge in [-0.15, -0.1) is 0 Å². The highest BCUT2D eigenvalue weighted by atomic mass is 14.8. The maximum atomic E-state index is 9.09. The normalized spacial score (nSPS) is 9.94. The van der Waals surface area contributed by atoms with Crippen molar-refractivity contribution in [3.8, 4) is 17.2 Å². The molecule has 0 radical (unpaired) electrons. The van der Waals surface area contributed by atoms with E-state index in [1.807, 2.05) is 44.2 Å². The minimum absolute atomic E-state index is 0.308. The molecule has 0 aliphatic rings. The summed E-state index contributed by atoms with van der Waals surface area (Å²) in [4.78, 5) is 4.24. The van der Waals surface area contributed by atoms with Crippen LogP contribution in [0.25, 0.3) is 11.1 Å². The number of anilines is 1. The lowest BCUT2D eigenvalue weighted by Gasteiger charge is -2.12. The van der Waals surface area contributed by atoms with E-state index >= 15 is 0 Å². The van der Waals surface area contributed by atoms with Crippen molar-refractivity contribution in [2.45, 2.75) is 13.8 Å². The number of rotatable bonds is 1. The summed E-state index contributed by atoms with van der Waals surface area (Å²) in [5.41, 5.74) is 10.0. The van der Waals surface area contributed by atoms with E-state index in [9.17, 15) is 0 Å². The topological polar surface area (TPSA) is 62.7 Å². The number of aromatic nitrogens is 1. The Morgan fingerprint density at radius 2 is 1.82 bits per heavy atom. The van der Waals surface area contributed by atoms with E-state index in [1.165, 1.54) is 0 Å². The fourth-order valence-corrected chi connectivity index (χ4v) is 2.05. The Balaban J connectivity index is 2.76. The van der Waals surface area contributed by atoms with Gasteiger partial charge in [-0.3, -0.25) is 0 Å². The molecule has 17 heavy (non-hydrogen) atoms. The Morgan fingerprint density at radius 3 is 2.41 bits per heavy atom. The summed E-state index contributed by atoms with van der Waals surface area (Å²) in [6, 6.07) is 12.0. The van der Waals surface area contributed by atoms with Crippen LogP contribution in [0.15, 0.2) is 30.3 Å². The van der Waals surface area contributed by atoms with E-state index in [0.29, 0.717) is 11.4 Å². The van der Waals surface area contributed by atoms with Gasteiger partial charge in [-0.05, 0) is 25.0 Å². The van der Waals surface area contributed by atoms with E-state index < -0.39 is 0 Å². The second-order valence-corrected chi connectivity index (χ2v) is 3.94. The van der Waals surface area contributed by atoms with Crippen molar-refractivity contribution >= 4 is 5.82 Å². The maximum Gasteiger partial charge on any atom is 0.141 e. The molecule has 2 N–H and O–H groups in total. The summed E-state index contributed by atoms with van der Waals surface area (Å²) in [5, 5.41) is 9.09. The highest BCUT2D eigenvalue weighted by molar-refractivity contribution is 5.74. The summed E-state index contributed by atoms with van der Waals surface area (Å²) in [6.07, 6.45) is 0. The molecule has 3 heteroatoms. The first-order valence-electron chi connectivity index (χ1n) is 5.37. The predicted molar refractivity (Wildman–Crippen MR) is 68.3 cm³/mol. The van der Waals surface area contributed by atoms with Crippen LogP contribution in [0.5, 0.6) is 0 Å². The fraction of sp³-hybridized carbons (Fsp3) is 0.143. The average molecular weight is 223 g/mol. The number of nitrogen functional groups attached to an aromatic ring is 1. The minimum atomic E-state index is 0.308. The number of nitrogens with zero attached hydrogens (tertiary/aromatic N) is 2. The SMILES string of the molecule is Cc1nc(N)c(C#N)c(C)c1-c1ccccc1. The maximum absolute atomic E-state index is 9.09. The van der Waals surface area contributed by atoms with Gasteiger partial charge in [-0.25, -0.2) is 4.98 Å². The van der Waals surface area contributed by atoms with Crippen molar-refractivity contribution in [1.29, 1.82) is 5.26 Å². The Kier molecular flexibility index (Phi) is 2.80. The molecule has 0 saturated heterocycles. The van der Waals surface area contributed by atoms with Crippen LogP contribution in [0, 0.1) is 25.2 Å². The first-order chi connectivity index (χ1) is 8.15. The number of benzene rings is 1. The third kappa shape index (κ3) is 1.85. The lowest BCUT2D eigenvalue weighted by atomic mass is 9.96. The van der Waals surface area contributed by atoms with Gasteiger partial charge in [0.15, 0.2) is 0 Å². The number of hydrogen-bond donors (Lipinski definition) is 1. The molecular formula is C14H13N3. The third-order valence-electron chi connectivity index (χ3n) is 2.83. The van der Waals surface area contributed by atoms with Crippen molar-refractivity contribution in [3.05, 3.63) is 47.2 Å². The second kappa shape index (κ2) is 4.26. The van der Waals surface area contributed by atoms with Crippen LogP contribution in [0.3, 0.4) is 0 Å². The molecule has 2 aromatic rings. The summed E-state index contributed by atoms with van der Waals surface area (Å²) < 4.78 is 0. The van der Waals surface area contributed by atoms with Crippen molar-refractivity contribution in [2.24, 2.45) is 0 Å². The monoisotopic (exact) mass is 223 g/mol. The van der Waals surface area contributed by atoms with E-state index in [4.69, 9.17) is 11.0 Å². The van der Waals surface area contributed by atoms with Crippen molar-refractivity contribution < 1.29 is 0 Å². The molecule has 1 aromatic heterocycles. The van der Waals surface area contributed by atoms with E-state index in [0.717, 1.165) is 22.4 Å². The largest absolute Gasteiger partial charge is 0.383 e. The lowest BCUT2D eigenvalue weighted by molar-refractivity contribution is 1.17. The first-order valence-corrected chi connectivity index (χ1v) is 5.37. The second-order valence-electron chi connectivity index (χ2n) is 3.94. The molecule has 0 unspecified atom stereocenters. The Hall–Kier alpha value is -2.34. The standard InChI is InChI=1S/C14H13N3/c1-9-12(8-15)14(16)17-10(2)13(9)11-6-4-3-5-7-11/h3-7H,1-2H3,(H2,16,17). The van der Waals surface area contributed by atoms with Gasteiger partial charge in [0.1, 0.15) is 11.9 Å². The summed E-state index contributed by atoms with van der Waals surface area (Å²) in [5.74, 6) is 0.308. The van der Waals surface area contributed by atoms with Crippen LogP contribution in [0.2, 0.25) is 0 Å². The third-order valence-corrected chi connectivity index (χ3v) is 2.83. The van der Waals surface area contributed by atoms with Crippen LogP contribution in [0.1, 0.15) is 16.8 Å². The zero-order chi connectivity index (χ0) is 12.4. The zero-order valence-corrected chi connectivity index (χ0v) is 9.86. The number of aryl methyl sites for hydroxylation is 1. The molecule has 0 aliphatic carbocycles. The van der Waals surface area contributed by atoms with Gasteiger partial charge in [-0.2, -0.15) is 5.26 Å². The van der Waals surface area contributed by atoms with Gasteiger partial charge in [0.25, 0.3) is 0 Å². The number of nitriles is 1. The number of hydrogen-bond acceptors (Lipinski definition) is 3. The lowest BCUT2D eigenvalue weighted by Crippen LogP contribution is -2.02. The molecule has 0 amide bonds. The van der Waals surface area contributed by atoms with Crippen LogP contribution >= 0.6 is 0 Å². The van der Waals surface area contributed by atoms with E-state index in [-0.39, 0.29) is 0 Å². The van der Waals surface area contributed by atoms with Gasteiger partial charge >= 0.3 is 0 Å². The Morgan fingerprint density at radius 1 is 1.18 bits per heavy atom. The molecule has 0 saturated carbocycles. The van der Waals surface area contributed by atoms with Crippen LogP contribution in [0.4, 0.5) is 5.82 Å². The highest BCUT2D eigenvalue weighted by Gasteiger charge is 2.13. The highest BCUT2D eigenvalue weighted by Crippen LogP contribution is 2.30. The molecule has 1 heterocycles. The molecule has 0 bridgehead atoms. The van der Waals surface area contributed by atoms with E-state index in [2.05, 4.69) is 11.1 Å². The van der Waals surface area contributed by atoms with Crippen LogP contribution in [-0.2, 0) is 0 Å². The smallest absolute Gasteiger partial charge is 0.141 e. The molecule has 3 nitrogen and oxygen atoms in total. The summed E-state index contributed by atoms with van der Waals surface area (Å²) >= 11 is 0. The molecule has 0 spiro atoms. The Labute approximate surface area is 101 Å².